The second-order valence-corrected chi connectivity index (χ2v) is 5.62. The molecule has 0 atom stereocenters. The topological polar surface area (TPSA) is 82.5 Å². The normalized spacial score (nSPS) is 10.5. The van der Waals surface area contributed by atoms with E-state index in [1.807, 2.05) is 24.3 Å². The summed E-state index contributed by atoms with van der Waals surface area (Å²) in [6, 6.07) is 12.6. The van der Waals surface area contributed by atoms with Crippen molar-refractivity contribution in [2.75, 3.05) is 14.2 Å². The lowest BCUT2D eigenvalue weighted by molar-refractivity contribution is -0.122. The van der Waals surface area contributed by atoms with E-state index >= 15 is 0 Å². The number of methoxy groups -OCH3 is 2. The summed E-state index contributed by atoms with van der Waals surface area (Å²) >= 11 is 0. The molecule has 0 bridgehead atoms. The molecule has 0 aliphatic rings. The van der Waals surface area contributed by atoms with Gasteiger partial charge in [0.1, 0.15) is 6.54 Å². The molecule has 0 saturated carbocycles. The van der Waals surface area contributed by atoms with E-state index in [1.165, 1.54) is 0 Å². The molecule has 26 heavy (non-hydrogen) atoms. The lowest BCUT2D eigenvalue weighted by atomic mass is 10.2. The maximum Gasteiger partial charge on any atom is 0.275 e. The minimum atomic E-state index is -0.320. The first kappa shape index (κ1) is 17.5. The molecule has 3 rings (SSSR count). The third-order valence-electron chi connectivity index (χ3n) is 4.02. The van der Waals surface area contributed by atoms with Gasteiger partial charge in [0.05, 0.1) is 25.8 Å². The summed E-state index contributed by atoms with van der Waals surface area (Å²) in [5.41, 5.74) is 0.483. The average molecular weight is 353 g/mol. The van der Waals surface area contributed by atoms with Crippen molar-refractivity contribution in [1.82, 2.24) is 15.1 Å². The van der Waals surface area contributed by atoms with Gasteiger partial charge in [0.25, 0.3) is 5.56 Å². The number of amides is 1. The Balaban J connectivity index is 1.73. The first-order valence-corrected chi connectivity index (χ1v) is 8.05. The molecule has 2 aromatic carbocycles. The number of rotatable bonds is 6. The molecule has 7 nitrogen and oxygen atoms in total. The van der Waals surface area contributed by atoms with Gasteiger partial charge in [-0.2, -0.15) is 5.10 Å². The van der Waals surface area contributed by atoms with E-state index in [9.17, 15) is 9.59 Å². The van der Waals surface area contributed by atoms with E-state index in [2.05, 4.69) is 10.4 Å². The highest BCUT2D eigenvalue weighted by Gasteiger charge is 2.12. The van der Waals surface area contributed by atoms with Crippen LogP contribution in [0.1, 0.15) is 5.56 Å². The van der Waals surface area contributed by atoms with E-state index < -0.39 is 0 Å². The molecule has 7 heteroatoms. The molecule has 134 valence electrons. The standard InChI is InChI=1S/C19H19N3O4/c1-25-16-9-5-7-14(18(16)26-2)10-20-17(23)12-22-19(24)15-8-4-3-6-13(15)11-21-22/h3-9,11H,10,12H2,1-2H3,(H,20,23). The average Bonchev–Trinajstić information content (AvgIpc) is 2.68. The Hall–Kier alpha value is -3.35. The van der Waals surface area contributed by atoms with Crippen LogP contribution in [-0.2, 0) is 17.9 Å². The smallest absolute Gasteiger partial charge is 0.275 e. The molecular weight excluding hydrogens is 334 g/mol. The number of benzene rings is 2. The van der Waals surface area contributed by atoms with Crippen LogP contribution in [0.25, 0.3) is 10.8 Å². The second-order valence-electron chi connectivity index (χ2n) is 5.62. The molecule has 0 fully saturated rings. The van der Waals surface area contributed by atoms with Crippen LogP contribution < -0.4 is 20.3 Å². The fourth-order valence-electron chi connectivity index (χ4n) is 2.72. The number of aromatic nitrogens is 2. The van der Waals surface area contributed by atoms with Crippen molar-refractivity contribution in [1.29, 1.82) is 0 Å². The lowest BCUT2D eigenvalue weighted by Gasteiger charge is -2.13. The Bertz CT molecular complexity index is 997. The van der Waals surface area contributed by atoms with E-state index in [0.717, 1.165) is 15.6 Å². The van der Waals surface area contributed by atoms with Crippen LogP contribution in [0, 0.1) is 0 Å². The van der Waals surface area contributed by atoms with Gasteiger partial charge < -0.3 is 14.8 Å². The molecular formula is C19H19N3O4. The Labute approximate surface area is 150 Å². The highest BCUT2D eigenvalue weighted by molar-refractivity contribution is 5.81. The molecule has 0 aliphatic carbocycles. The zero-order valence-corrected chi connectivity index (χ0v) is 14.6. The van der Waals surface area contributed by atoms with E-state index in [4.69, 9.17) is 9.47 Å². The van der Waals surface area contributed by atoms with Crippen LogP contribution in [0.3, 0.4) is 0 Å². The van der Waals surface area contributed by atoms with Gasteiger partial charge in [-0.3, -0.25) is 9.59 Å². The second kappa shape index (κ2) is 7.69. The fraction of sp³-hybridized carbons (Fsp3) is 0.211. The SMILES string of the molecule is COc1cccc(CNC(=O)Cn2ncc3ccccc3c2=O)c1OC. The first-order chi connectivity index (χ1) is 12.6. The Kier molecular flexibility index (Phi) is 5.17. The van der Waals surface area contributed by atoms with Crippen molar-refractivity contribution in [3.05, 3.63) is 64.6 Å². The number of ether oxygens (including phenoxy) is 2. The van der Waals surface area contributed by atoms with Crippen molar-refractivity contribution < 1.29 is 14.3 Å². The zero-order chi connectivity index (χ0) is 18.5. The van der Waals surface area contributed by atoms with Crippen LogP contribution in [-0.4, -0.2) is 29.9 Å². The molecule has 0 saturated heterocycles. The molecule has 0 unspecified atom stereocenters. The summed E-state index contributed by atoms with van der Waals surface area (Å²) in [6.45, 7) is 0.0947. The van der Waals surface area contributed by atoms with Gasteiger partial charge >= 0.3 is 0 Å². The minimum Gasteiger partial charge on any atom is -0.493 e. The number of hydrogen-bond donors (Lipinski definition) is 1. The first-order valence-electron chi connectivity index (χ1n) is 8.05. The number of hydrogen-bond acceptors (Lipinski definition) is 5. The minimum absolute atomic E-state index is 0.157. The predicted octanol–water partition coefficient (Wildman–Crippen LogP) is 1.73. The summed E-state index contributed by atoms with van der Waals surface area (Å²) in [5, 5.41) is 8.11. The fourth-order valence-corrected chi connectivity index (χ4v) is 2.72. The Morgan fingerprint density at radius 3 is 2.69 bits per heavy atom. The zero-order valence-electron chi connectivity index (χ0n) is 14.6. The van der Waals surface area contributed by atoms with Crippen LogP contribution in [0.15, 0.2) is 53.5 Å². The lowest BCUT2D eigenvalue weighted by Crippen LogP contribution is -2.33. The summed E-state index contributed by atoms with van der Waals surface area (Å²) < 4.78 is 11.7. The summed E-state index contributed by atoms with van der Waals surface area (Å²) in [4.78, 5) is 24.7. The van der Waals surface area contributed by atoms with Gasteiger partial charge in [0.15, 0.2) is 11.5 Å². The van der Waals surface area contributed by atoms with Gasteiger partial charge in [0, 0.05) is 17.5 Å². The number of carbonyl (C=O) groups excluding carboxylic acids is 1. The number of carbonyl (C=O) groups is 1. The molecule has 1 aromatic heterocycles. The highest BCUT2D eigenvalue weighted by Crippen LogP contribution is 2.30. The van der Waals surface area contributed by atoms with E-state index in [1.54, 1.807) is 38.6 Å². The largest absolute Gasteiger partial charge is 0.493 e. The van der Waals surface area contributed by atoms with Crippen LogP contribution >= 0.6 is 0 Å². The molecule has 0 aliphatic heterocycles. The third-order valence-corrected chi connectivity index (χ3v) is 4.02. The van der Waals surface area contributed by atoms with Gasteiger partial charge in [-0.25, -0.2) is 4.68 Å². The highest BCUT2D eigenvalue weighted by atomic mass is 16.5. The third kappa shape index (κ3) is 3.51. The van der Waals surface area contributed by atoms with Crippen molar-refractivity contribution in [3.8, 4) is 11.5 Å². The quantitative estimate of drug-likeness (QED) is 0.730. The predicted molar refractivity (Wildman–Crippen MR) is 97.4 cm³/mol. The number of fused-ring (bicyclic) bond motifs is 1. The molecule has 1 heterocycles. The van der Waals surface area contributed by atoms with Crippen LogP contribution in [0.4, 0.5) is 0 Å². The maximum atomic E-state index is 12.4. The van der Waals surface area contributed by atoms with Gasteiger partial charge in [-0.05, 0) is 12.1 Å². The molecule has 1 amide bonds. The molecule has 1 N–H and O–H groups in total. The molecule has 0 spiro atoms. The van der Waals surface area contributed by atoms with Gasteiger partial charge in [-0.1, -0.05) is 30.3 Å². The Morgan fingerprint density at radius 2 is 1.92 bits per heavy atom. The number of nitrogens with one attached hydrogen (secondary N) is 1. The monoisotopic (exact) mass is 353 g/mol. The molecule has 0 radical (unpaired) electrons. The van der Waals surface area contributed by atoms with Crippen molar-refractivity contribution >= 4 is 16.7 Å². The van der Waals surface area contributed by atoms with Crippen LogP contribution in [0.2, 0.25) is 0 Å². The van der Waals surface area contributed by atoms with Crippen LogP contribution in [0.5, 0.6) is 11.5 Å². The summed E-state index contributed by atoms with van der Waals surface area (Å²) in [5.74, 6) is 0.836. The number of para-hydroxylation sites is 1. The Morgan fingerprint density at radius 1 is 1.12 bits per heavy atom. The van der Waals surface area contributed by atoms with E-state index in [-0.39, 0.29) is 24.6 Å². The summed E-state index contributed by atoms with van der Waals surface area (Å²) in [7, 11) is 3.10. The number of nitrogens with zero attached hydrogens (tertiary/aromatic N) is 2. The van der Waals surface area contributed by atoms with Gasteiger partial charge in [0.2, 0.25) is 5.91 Å². The molecule has 3 aromatic rings. The van der Waals surface area contributed by atoms with Crippen molar-refractivity contribution in [3.63, 3.8) is 0 Å². The maximum absolute atomic E-state index is 12.4. The summed E-state index contributed by atoms with van der Waals surface area (Å²) in [6.07, 6.45) is 1.58. The van der Waals surface area contributed by atoms with Crippen molar-refractivity contribution in [2.24, 2.45) is 0 Å². The van der Waals surface area contributed by atoms with E-state index in [0.29, 0.717) is 16.9 Å². The van der Waals surface area contributed by atoms with Crippen molar-refractivity contribution in [2.45, 2.75) is 13.1 Å². The van der Waals surface area contributed by atoms with Gasteiger partial charge in [-0.15, -0.1) is 0 Å².